The second-order valence-corrected chi connectivity index (χ2v) is 6.35. The highest BCUT2D eigenvalue weighted by atomic mass is 16.2. The van der Waals surface area contributed by atoms with Crippen molar-refractivity contribution < 1.29 is 4.79 Å². The summed E-state index contributed by atoms with van der Waals surface area (Å²) in [6, 6.07) is 17.7. The van der Waals surface area contributed by atoms with Gasteiger partial charge in [0, 0.05) is 17.3 Å². The lowest BCUT2D eigenvalue weighted by atomic mass is 10.0. The minimum absolute atomic E-state index is 0.288. The van der Waals surface area contributed by atoms with Gasteiger partial charge in [0.2, 0.25) is 5.91 Å². The van der Waals surface area contributed by atoms with Crippen LogP contribution in [-0.4, -0.2) is 15.7 Å². The molecule has 3 aromatic rings. The number of hydrogen-bond acceptors (Lipinski definition) is 3. The van der Waals surface area contributed by atoms with Crippen LogP contribution in [0.15, 0.2) is 65.5 Å². The van der Waals surface area contributed by atoms with Gasteiger partial charge >= 0.3 is 0 Å². The SMILES string of the molecule is Cc1ccc(C)c(-c2ccc(=O)n([C@H](C)C(=O)Nc3ccccc3)n2)c1. The maximum absolute atomic E-state index is 12.5. The number of carbonyl (C=O) groups excluding carboxylic acids is 1. The second-order valence-electron chi connectivity index (χ2n) is 6.35. The number of para-hydroxylation sites is 1. The van der Waals surface area contributed by atoms with Crippen molar-refractivity contribution in [1.82, 2.24) is 9.78 Å². The molecule has 0 unspecified atom stereocenters. The summed E-state index contributed by atoms with van der Waals surface area (Å²) in [6.45, 7) is 5.67. The number of aryl methyl sites for hydroxylation is 2. The molecular formula is C21H21N3O2. The Balaban J connectivity index is 1.93. The molecule has 1 amide bonds. The highest BCUT2D eigenvalue weighted by Gasteiger charge is 2.18. The van der Waals surface area contributed by atoms with Crippen LogP contribution in [0, 0.1) is 13.8 Å². The summed E-state index contributed by atoms with van der Waals surface area (Å²) in [5.41, 5.74) is 4.17. The van der Waals surface area contributed by atoms with Crippen LogP contribution in [0.3, 0.4) is 0 Å². The molecule has 2 aromatic carbocycles. The molecular weight excluding hydrogens is 326 g/mol. The molecule has 0 aliphatic rings. The van der Waals surface area contributed by atoms with Gasteiger partial charge in [-0.3, -0.25) is 9.59 Å². The number of nitrogens with one attached hydrogen (secondary N) is 1. The van der Waals surface area contributed by atoms with E-state index in [0.717, 1.165) is 16.7 Å². The summed E-state index contributed by atoms with van der Waals surface area (Å²) in [4.78, 5) is 24.8. The predicted octanol–water partition coefficient (Wildman–Crippen LogP) is 3.73. The van der Waals surface area contributed by atoms with E-state index in [1.165, 1.54) is 10.7 Å². The van der Waals surface area contributed by atoms with Gasteiger partial charge in [-0.1, -0.05) is 35.9 Å². The van der Waals surface area contributed by atoms with Crippen LogP contribution in [0.1, 0.15) is 24.1 Å². The third-order valence-electron chi connectivity index (χ3n) is 4.28. The van der Waals surface area contributed by atoms with E-state index < -0.39 is 6.04 Å². The Labute approximate surface area is 152 Å². The molecule has 0 spiro atoms. The molecule has 132 valence electrons. The van der Waals surface area contributed by atoms with Gasteiger partial charge in [-0.25, -0.2) is 4.68 Å². The molecule has 0 aliphatic carbocycles. The van der Waals surface area contributed by atoms with Gasteiger partial charge in [-0.15, -0.1) is 0 Å². The first kappa shape index (κ1) is 17.6. The largest absolute Gasteiger partial charge is 0.324 e. The highest BCUT2D eigenvalue weighted by molar-refractivity contribution is 5.93. The molecule has 5 heteroatoms. The second kappa shape index (κ2) is 7.35. The first-order valence-corrected chi connectivity index (χ1v) is 8.49. The third kappa shape index (κ3) is 3.72. The van der Waals surface area contributed by atoms with Crippen LogP contribution in [0.4, 0.5) is 5.69 Å². The Morgan fingerprint density at radius 3 is 2.50 bits per heavy atom. The summed E-state index contributed by atoms with van der Waals surface area (Å²) >= 11 is 0. The molecule has 26 heavy (non-hydrogen) atoms. The van der Waals surface area contributed by atoms with E-state index in [1.54, 1.807) is 25.1 Å². The van der Waals surface area contributed by atoms with Crippen LogP contribution in [0.25, 0.3) is 11.3 Å². The predicted molar refractivity (Wildman–Crippen MR) is 103 cm³/mol. The Kier molecular flexibility index (Phi) is 4.98. The van der Waals surface area contributed by atoms with Gasteiger partial charge in [0.25, 0.3) is 5.56 Å². The Bertz CT molecular complexity index is 994. The monoisotopic (exact) mass is 347 g/mol. The van der Waals surface area contributed by atoms with E-state index in [-0.39, 0.29) is 11.5 Å². The van der Waals surface area contributed by atoms with Crippen LogP contribution >= 0.6 is 0 Å². The van der Waals surface area contributed by atoms with Gasteiger partial charge in [-0.05, 0) is 50.6 Å². The van der Waals surface area contributed by atoms with E-state index in [0.29, 0.717) is 11.4 Å². The van der Waals surface area contributed by atoms with Gasteiger partial charge in [-0.2, -0.15) is 5.10 Å². The smallest absolute Gasteiger partial charge is 0.267 e. The number of anilines is 1. The van der Waals surface area contributed by atoms with Crippen molar-refractivity contribution in [1.29, 1.82) is 0 Å². The molecule has 1 aromatic heterocycles. The van der Waals surface area contributed by atoms with Crippen LogP contribution in [0.5, 0.6) is 0 Å². The van der Waals surface area contributed by atoms with Gasteiger partial charge in [0.1, 0.15) is 6.04 Å². The quantitative estimate of drug-likeness (QED) is 0.782. The van der Waals surface area contributed by atoms with Crippen molar-refractivity contribution >= 4 is 11.6 Å². The fourth-order valence-electron chi connectivity index (χ4n) is 2.74. The maximum atomic E-state index is 12.5. The summed E-state index contributed by atoms with van der Waals surface area (Å²) < 4.78 is 1.23. The third-order valence-corrected chi connectivity index (χ3v) is 4.28. The zero-order valence-corrected chi connectivity index (χ0v) is 15.1. The van der Waals surface area contributed by atoms with Crippen molar-refractivity contribution in [3.05, 3.63) is 82.1 Å². The van der Waals surface area contributed by atoms with Crippen molar-refractivity contribution in [2.24, 2.45) is 0 Å². The van der Waals surface area contributed by atoms with E-state index in [1.807, 2.05) is 50.2 Å². The standard InChI is InChI=1S/C21H21N3O2/c1-14-9-10-15(2)18(13-14)19-11-12-20(25)24(23-19)16(3)21(26)22-17-7-5-4-6-8-17/h4-13,16H,1-3H3,(H,22,26)/t16-/m1/s1. The first-order chi connectivity index (χ1) is 12.5. The molecule has 1 atom stereocenters. The lowest BCUT2D eigenvalue weighted by Crippen LogP contribution is -2.33. The summed E-state index contributed by atoms with van der Waals surface area (Å²) in [6.07, 6.45) is 0. The van der Waals surface area contributed by atoms with Crippen molar-refractivity contribution in [3.8, 4) is 11.3 Å². The minimum Gasteiger partial charge on any atom is -0.324 e. The Morgan fingerprint density at radius 2 is 1.77 bits per heavy atom. The molecule has 0 saturated heterocycles. The van der Waals surface area contributed by atoms with E-state index >= 15 is 0 Å². The Hall–Kier alpha value is -3.21. The maximum Gasteiger partial charge on any atom is 0.267 e. The molecule has 0 bridgehead atoms. The average molecular weight is 347 g/mol. The topological polar surface area (TPSA) is 64.0 Å². The lowest BCUT2D eigenvalue weighted by molar-refractivity contribution is -0.119. The number of hydrogen-bond donors (Lipinski definition) is 1. The van der Waals surface area contributed by atoms with Crippen molar-refractivity contribution in [2.45, 2.75) is 26.8 Å². The first-order valence-electron chi connectivity index (χ1n) is 8.49. The fourth-order valence-corrected chi connectivity index (χ4v) is 2.74. The molecule has 0 saturated carbocycles. The van der Waals surface area contributed by atoms with E-state index in [2.05, 4.69) is 10.4 Å². The molecule has 1 N–H and O–H groups in total. The zero-order chi connectivity index (χ0) is 18.7. The van der Waals surface area contributed by atoms with Gasteiger partial charge in [0.05, 0.1) is 5.69 Å². The molecule has 0 fully saturated rings. The fraction of sp³-hybridized carbons (Fsp3) is 0.190. The van der Waals surface area contributed by atoms with Crippen LogP contribution in [0.2, 0.25) is 0 Å². The number of carbonyl (C=O) groups is 1. The summed E-state index contributed by atoms with van der Waals surface area (Å²) in [5, 5.41) is 7.26. The number of nitrogens with zero attached hydrogens (tertiary/aromatic N) is 2. The summed E-state index contributed by atoms with van der Waals surface area (Å²) in [7, 11) is 0. The van der Waals surface area contributed by atoms with Crippen molar-refractivity contribution in [3.63, 3.8) is 0 Å². The average Bonchev–Trinajstić information content (AvgIpc) is 2.64. The number of benzene rings is 2. The molecule has 0 radical (unpaired) electrons. The van der Waals surface area contributed by atoms with E-state index in [9.17, 15) is 9.59 Å². The minimum atomic E-state index is -0.729. The number of rotatable bonds is 4. The lowest BCUT2D eigenvalue weighted by Gasteiger charge is -2.15. The van der Waals surface area contributed by atoms with Crippen LogP contribution < -0.4 is 10.9 Å². The number of aromatic nitrogens is 2. The summed E-state index contributed by atoms with van der Waals surface area (Å²) in [5.74, 6) is -0.288. The Morgan fingerprint density at radius 1 is 1.04 bits per heavy atom. The molecule has 3 rings (SSSR count). The van der Waals surface area contributed by atoms with Gasteiger partial charge < -0.3 is 5.32 Å². The van der Waals surface area contributed by atoms with Gasteiger partial charge in [0.15, 0.2) is 0 Å². The number of amides is 1. The van der Waals surface area contributed by atoms with Crippen molar-refractivity contribution in [2.75, 3.05) is 5.32 Å². The van der Waals surface area contributed by atoms with E-state index in [4.69, 9.17) is 0 Å². The highest BCUT2D eigenvalue weighted by Crippen LogP contribution is 2.22. The normalized spacial score (nSPS) is 11.8. The van der Waals surface area contributed by atoms with Crippen LogP contribution in [-0.2, 0) is 4.79 Å². The zero-order valence-electron chi connectivity index (χ0n) is 15.1. The molecule has 0 aliphatic heterocycles. The molecule has 5 nitrogen and oxygen atoms in total. The molecule has 1 heterocycles.